The molecule has 150 valence electrons. The summed E-state index contributed by atoms with van der Waals surface area (Å²) in [4.78, 5) is 17.5. The van der Waals surface area contributed by atoms with Crippen LogP contribution in [-0.4, -0.2) is 63.9 Å². The van der Waals surface area contributed by atoms with E-state index in [0.717, 1.165) is 6.07 Å². The van der Waals surface area contributed by atoms with Crippen molar-refractivity contribution in [3.8, 4) is 0 Å². The summed E-state index contributed by atoms with van der Waals surface area (Å²) in [7, 11) is 3.55. The molecule has 0 saturated carbocycles. The molecule has 27 heavy (non-hydrogen) atoms. The average molecular weight is 455 g/mol. The van der Waals surface area contributed by atoms with Crippen LogP contribution >= 0.6 is 49.5 Å². The van der Waals surface area contributed by atoms with E-state index in [0.29, 0.717) is 0 Å². The summed E-state index contributed by atoms with van der Waals surface area (Å²) in [6, 6.07) is 2.33. The van der Waals surface area contributed by atoms with Crippen LogP contribution < -0.4 is 4.90 Å². The maximum atomic E-state index is 14.7. The van der Waals surface area contributed by atoms with Crippen molar-refractivity contribution in [2.24, 2.45) is 5.16 Å². The minimum absolute atomic E-state index is 0.0295. The lowest BCUT2D eigenvalue weighted by molar-refractivity contribution is 0.0560. The number of anilines is 1. The van der Waals surface area contributed by atoms with Crippen LogP contribution in [-0.2, 0) is 4.74 Å². The zero-order chi connectivity index (χ0) is 20.5. The highest BCUT2D eigenvalue weighted by atomic mass is 35.5. The monoisotopic (exact) mass is 454 g/mol. The first kappa shape index (κ1) is 22.4. The number of hydrogen-bond donors (Lipinski definition) is 4. The Labute approximate surface area is 178 Å². The third-order valence-corrected chi connectivity index (χ3v) is 6.34. The van der Waals surface area contributed by atoms with Crippen molar-refractivity contribution in [1.82, 2.24) is 9.80 Å². The Balaban J connectivity index is 2.41. The Morgan fingerprint density at radius 3 is 2.33 bits per heavy atom. The maximum absolute atomic E-state index is 14.7. The molecule has 0 amide bonds. The summed E-state index contributed by atoms with van der Waals surface area (Å²) in [6.45, 7) is 1.26. The van der Waals surface area contributed by atoms with Gasteiger partial charge in [0.05, 0.1) is 22.0 Å². The molecule has 1 heterocycles. The lowest BCUT2D eigenvalue weighted by atomic mass is 10.1. The topological polar surface area (TPSA) is 68.6 Å². The van der Waals surface area contributed by atoms with Gasteiger partial charge in [0, 0.05) is 0 Å². The van der Waals surface area contributed by atoms with Crippen molar-refractivity contribution < 1.29 is 19.1 Å². The van der Waals surface area contributed by atoms with E-state index < -0.39 is 22.8 Å². The summed E-state index contributed by atoms with van der Waals surface area (Å²) >= 11 is 19.6. The molecule has 0 aromatic heterocycles. The molecule has 0 aliphatic carbocycles. The summed E-state index contributed by atoms with van der Waals surface area (Å²) in [5.41, 5.74) is -1.15. The predicted octanol–water partition coefficient (Wildman–Crippen LogP) is 2.81. The van der Waals surface area contributed by atoms with E-state index in [1.54, 1.807) is 28.8 Å². The fourth-order valence-electron chi connectivity index (χ4n) is 2.45. The molecule has 1 N–H and O–H groups in total. The van der Waals surface area contributed by atoms with Crippen LogP contribution in [0.25, 0.3) is 0 Å². The lowest BCUT2D eigenvalue weighted by Gasteiger charge is -2.52. The largest absolute Gasteiger partial charge is 0.456 e. The fourth-order valence-corrected chi connectivity index (χ4v) is 4.00. The Bertz CT molecular complexity index is 741. The van der Waals surface area contributed by atoms with Crippen molar-refractivity contribution in [1.29, 1.82) is 0 Å². The van der Waals surface area contributed by atoms with Crippen LogP contribution in [0.5, 0.6) is 0 Å². The number of hydrogen-bond acceptors (Lipinski definition) is 10. The second-order valence-electron chi connectivity index (χ2n) is 5.97. The highest BCUT2D eigenvalue weighted by Gasteiger charge is 2.40. The molecular formula is C15H20ClFN4O3S3. The first-order chi connectivity index (χ1) is 12.6. The van der Waals surface area contributed by atoms with Gasteiger partial charge in [-0.1, -0.05) is 16.8 Å². The highest BCUT2D eigenvalue weighted by molar-refractivity contribution is 7.82. The average Bonchev–Trinajstić information content (AvgIpc) is 2.64. The second kappa shape index (κ2) is 9.10. The summed E-state index contributed by atoms with van der Waals surface area (Å²) in [6.07, 6.45) is 0. The predicted molar refractivity (Wildman–Crippen MR) is 113 cm³/mol. The number of benzene rings is 1. The van der Waals surface area contributed by atoms with Gasteiger partial charge in [-0.15, -0.1) is 37.9 Å². The van der Waals surface area contributed by atoms with Crippen LogP contribution in [0.4, 0.5) is 10.1 Å². The third-order valence-electron chi connectivity index (χ3n) is 4.07. The number of carbonyl (C=O) groups excluding carboxylic acids is 1. The lowest BCUT2D eigenvalue weighted by Crippen LogP contribution is -2.64. The molecular weight excluding hydrogens is 435 g/mol. The van der Waals surface area contributed by atoms with Crippen molar-refractivity contribution in [3.05, 3.63) is 28.5 Å². The Morgan fingerprint density at radius 2 is 1.81 bits per heavy atom. The van der Waals surface area contributed by atoms with Gasteiger partial charge in [-0.3, -0.25) is 9.80 Å². The molecule has 1 saturated heterocycles. The first-order valence-corrected chi connectivity index (χ1v) is 9.63. The molecule has 1 aromatic rings. The van der Waals surface area contributed by atoms with E-state index in [-0.39, 0.29) is 34.1 Å². The summed E-state index contributed by atoms with van der Waals surface area (Å²) in [5.74, 6) is -1.41. The number of thiol groups is 3. The van der Waals surface area contributed by atoms with Gasteiger partial charge in [0.15, 0.2) is 0 Å². The van der Waals surface area contributed by atoms with Gasteiger partial charge >= 0.3 is 5.97 Å². The Kier molecular flexibility index (Phi) is 7.56. The van der Waals surface area contributed by atoms with Gasteiger partial charge in [0.2, 0.25) is 0 Å². The number of ether oxygens (including phenoxy) is 1. The molecule has 1 aliphatic heterocycles. The number of esters is 1. The van der Waals surface area contributed by atoms with Gasteiger partial charge in [-0.25, -0.2) is 9.18 Å². The second-order valence-corrected chi connectivity index (χ2v) is 7.77. The van der Waals surface area contributed by atoms with Crippen molar-refractivity contribution >= 4 is 66.9 Å². The zero-order valence-electron chi connectivity index (χ0n) is 14.7. The van der Waals surface area contributed by atoms with Crippen molar-refractivity contribution in [2.75, 3.05) is 25.6 Å². The molecule has 2 unspecified atom stereocenters. The molecule has 2 atom stereocenters. The highest BCUT2D eigenvalue weighted by Crippen LogP contribution is 2.37. The summed E-state index contributed by atoms with van der Waals surface area (Å²) < 4.78 is 19.7. The molecule has 0 bridgehead atoms. The van der Waals surface area contributed by atoms with Crippen molar-refractivity contribution in [2.45, 2.75) is 23.4 Å². The third kappa shape index (κ3) is 4.60. The van der Waals surface area contributed by atoms with Gasteiger partial charge < -0.3 is 14.8 Å². The molecule has 0 radical (unpaired) electrons. The van der Waals surface area contributed by atoms with E-state index in [2.05, 4.69) is 43.0 Å². The number of rotatable bonds is 4. The van der Waals surface area contributed by atoms with E-state index >= 15 is 0 Å². The van der Waals surface area contributed by atoms with Crippen LogP contribution in [0, 0.1) is 5.82 Å². The van der Waals surface area contributed by atoms with Gasteiger partial charge in [-0.05, 0) is 33.2 Å². The van der Waals surface area contributed by atoms with E-state index in [1.165, 1.54) is 13.0 Å². The van der Waals surface area contributed by atoms with Crippen LogP contribution in [0.1, 0.15) is 17.3 Å². The number of oxime groups is 1. The molecule has 7 nitrogen and oxygen atoms in total. The molecule has 2 rings (SSSR count). The fraction of sp³-hybridized carbons (Fsp3) is 0.467. The first-order valence-electron chi connectivity index (χ1n) is 7.70. The van der Waals surface area contributed by atoms with Crippen LogP contribution in [0.15, 0.2) is 17.3 Å². The normalized spacial score (nSPS) is 25.0. The van der Waals surface area contributed by atoms with Gasteiger partial charge in [0.1, 0.15) is 28.9 Å². The quantitative estimate of drug-likeness (QED) is 0.184. The van der Waals surface area contributed by atoms with Crippen LogP contribution in [0.2, 0.25) is 5.02 Å². The van der Waals surface area contributed by atoms with E-state index in [9.17, 15) is 9.18 Å². The molecule has 1 aromatic carbocycles. The number of carbonyl (C=O) groups is 1. The van der Waals surface area contributed by atoms with E-state index in [1.807, 2.05) is 0 Å². The number of halogens is 2. The Morgan fingerprint density at radius 1 is 1.26 bits per heavy atom. The standard InChI is InChI=1S/C15H20ClFN4O3S3/c1-7(18-23)6-24-12(22)8-4-11(10(17)5-9(8)16)21-14(26)19(2)13(25)20(3)15(21)27/h4-5,13-15,23,25-27H,6H2,1-3H3. The zero-order valence-corrected chi connectivity index (χ0v) is 18.2. The molecule has 1 aliphatic rings. The van der Waals surface area contributed by atoms with Crippen LogP contribution in [0.3, 0.4) is 0 Å². The van der Waals surface area contributed by atoms with Gasteiger partial charge in [-0.2, -0.15) is 0 Å². The number of nitrogens with zero attached hydrogens (tertiary/aromatic N) is 4. The Hall–Kier alpha value is -0.850. The molecule has 1 fully saturated rings. The molecule has 12 heteroatoms. The minimum atomic E-state index is -0.776. The maximum Gasteiger partial charge on any atom is 0.340 e. The van der Waals surface area contributed by atoms with E-state index in [4.69, 9.17) is 21.5 Å². The van der Waals surface area contributed by atoms with Gasteiger partial charge in [0.25, 0.3) is 0 Å². The molecule has 0 spiro atoms. The smallest absolute Gasteiger partial charge is 0.340 e. The SMILES string of the molecule is CC(COC(=O)c1cc(N2C(S)N(C)C(S)N(C)C2S)c(F)cc1Cl)=NO. The summed E-state index contributed by atoms with van der Waals surface area (Å²) in [5, 5.41) is 11.5. The minimum Gasteiger partial charge on any atom is -0.456 e. The van der Waals surface area contributed by atoms with Crippen molar-refractivity contribution in [3.63, 3.8) is 0 Å².